The van der Waals surface area contributed by atoms with Gasteiger partial charge in [0.05, 0.1) is 0 Å². The molecule has 1 rings (SSSR count). The lowest BCUT2D eigenvalue weighted by Crippen LogP contribution is -2.42. The Kier molecular flexibility index (Phi) is 5.77. The van der Waals surface area contributed by atoms with E-state index in [0.717, 1.165) is 26.1 Å². The van der Waals surface area contributed by atoms with Crippen LogP contribution in [-0.2, 0) is 9.53 Å². The molecule has 1 aliphatic rings. The first kappa shape index (κ1) is 13.5. The number of nitrogens with zero attached hydrogens (tertiary/aromatic N) is 1. The van der Waals surface area contributed by atoms with Crippen LogP contribution in [0, 0.1) is 5.92 Å². The summed E-state index contributed by atoms with van der Waals surface area (Å²) in [7, 11) is 1.68. The Labute approximate surface area is 98.3 Å². The molecule has 0 aromatic rings. The summed E-state index contributed by atoms with van der Waals surface area (Å²) in [6.45, 7) is 7.55. The van der Waals surface area contributed by atoms with E-state index in [1.807, 2.05) is 4.90 Å². The molecule has 1 aliphatic heterocycles. The highest BCUT2D eigenvalue weighted by atomic mass is 16.5. The molecule has 0 spiro atoms. The zero-order valence-electron chi connectivity index (χ0n) is 10.7. The van der Waals surface area contributed by atoms with E-state index in [2.05, 4.69) is 19.2 Å². The fourth-order valence-corrected chi connectivity index (χ4v) is 2.30. The fraction of sp³-hybridized carbons (Fsp3) is 0.917. The monoisotopic (exact) mass is 228 g/mol. The third kappa shape index (κ3) is 3.76. The van der Waals surface area contributed by atoms with Gasteiger partial charge in [-0.25, -0.2) is 0 Å². The van der Waals surface area contributed by atoms with E-state index < -0.39 is 0 Å². The van der Waals surface area contributed by atoms with E-state index >= 15 is 0 Å². The van der Waals surface area contributed by atoms with E-state index in [1.54, 1.807) is 7.11 Å². The van der Waals surface area contributed by atoms with Gasteiger partial charge in [0, 0.05) is 39.3 Å². The minimum absolute atomic E-state index is 0.265. The molecular formula is C12H24N2O2. The average Bonchev–Trinajstić information content (AvgIpc) is 2.72. The molecule has 94 valence electrons. The Balaban J connectivity index is 2.42. The van der Waals surface area contributed by atoms with Crippen molar-refractivity contribution in [2.24, 2.45) is 5.92 Å². The van der Waals surface area contributed by atoms with Crippen molar-refractivity contribution in [3.8, 4) is 0 Å². The first-order valence-electron chi connectivity index (χ1n) is 6.18. The van der Waals surface area contributed by atoms with Gasteiger partial charge in [0.1, 0.15) is 0 Å². The standard InChI is InChI=1S/C12H24N2O2/c1-4-14(11-5-6-13-8-11)12(15)7-10(2)9-16-3/h10-11,13H,4-9H2,1-3H3. The van der Waals surface area contributed by atoms with Gasteiger partial charge in [0.25, 0.3) is 0 Å². The topological polar surface area (TPSA) is 41.6 Å². The minimum atomic E-state index is 0.265. The lowest BCUT2D eigenvalue weighted by Gasteiger charge is -2.28. The summed E-state index contributed by atoms with van der Waals surface area (Å²) < 4.78 is 5.06. The highest BCUT2D eigenvalue weighted by molar-refractivity contribution is 5.76. The Bertz CT molecular complexity index is 215. The molecule has 1 fully saturated rings. The average molecular weight is 228 g/mol. The highest BCUT2D eigenvalue weighted by Gasteiger charge is 2.25. The summed E-state index contributed by atoms with van der Waals surface area (Å²) in [6.07, 6.45) is 1.68. The summed E-state index contributed by atoms with van der Waals surface area (Å²) in [5.74, 6) is 0.571. The molecule has 4 heteroatoms. The number of carbonyl (C=O) groups excluding carboxylic acids is 1. The van der Waals surface area contributed by atoms with Gasteiger partial charge in [0.15, 0.2) is 0 Å². The van der Waals surface area contributed by atoms with Gasteiger partial charge in [0.2, 0.25) is 5.91 Å². The molecule has 1 N–H and O–H groups in total. The van der Waals surface area contributed by atoms with Crippen LogP contribution in [0.25, 0.3) is 0 Å². The van der Waals surface area contributed by atoms with Crippen LogP contribution < -0.4 is 5.32 Å². The number of hydrogen-bond acceptors (Lipinski definition) is 3. The Morgan fingerprint density at radius 2 is 2.38 bits per heavy atom. The summed E-state index contributed by atoms with van der Waals surface area (Å²) in [5.41, 5.74) is 0. The lowest BCUT2D eigenvalue weighted by atomic mass is 10.1. The molecule has 0 radical (unpaired) electrons. The Morgan fingerprint density at radius 3 is 2.88 bits per heavy atom. The molecule has 0 aromatic carbocycles. The van der Waals surface area contributed by atoms with Crippen molar-refractivity contribution in [3.05, 3.63) is 0 Å². The zero-order chi connectivity index (χ0) is 12.0. The smallest absolute Gasteiger partial charge is 0.223 e. The lowest BCUT2D eigenvalue weighted by molar-refractivity contribution is -0.134. The minimum Gasteiger partial charge on any atom is -0.384 e. The van der Waals surface area contributed by atoms with Crippen molar-refractivity contribution in [1.29, 1.82) is 0 Å². The van der Waals surface area contributed by atoms with Crippen molar-refractivity contribution >= 4 is 5.91 Å². The molecule has 1 heterocycles. The largest absolute Gasteiger partial charge is 0.384 e. The van der Waals surface area contributed by atoms with E-state index in [9.17, 15) is 4.79 Å². The number of nitrogens with one attached hydrogen (secondary N) is 1. The summed E-state index contributed by atoms with van der Waals surface area (Å²) in [4.78, 5) is 14.1. The number of rotatable bonds is 6. The van der Waals surface area contributed by atoms with Crippen molar-refractivity contribution in [2.75, 3.05) is 33.4 Å². The third-order valence-corrected chi connectivity index (χ3v) is 3.11. The van der Waals surface area contributed by atoms with E-state index in [-0.39, 0.29) is 5.91 Å². The van der Waals surface area contributed by atoms with Crippen LogP contribution in [0.3, 0.4) is 0 Å². The summed E-state index contributed by atoms with van der Waals surface area (Å²) in [5, 5.41) is 3.30. The number of likely N-dealkylation sites (N-methyl/N-ethyl adjacent to an activating group) is 1. The maximum atomic E-state index is 12.1. The number of ether oxygens (including phenoxy) is 1. The van der Waals surface area contributed by atoms with Crippen LogP contribution in [0.1, 0.15) is 26.7 Å². The second kappa shape index (κ2) is 6.86. The molecular weight excluding hydrogens is 204 g/mol. The quantitative estimate of drug-likeness (QED) is 0.733. The van der Waals surface area contributed by atoms with E-state index in [0.29, 0.717) is 25.0 Å². The number of amides is 1. The molecule has 0 aliphatic carbocycles. The molecule has 1 amide bonds. The van der Waals surface area contributed by atoms with Crippen LogP contribution in [0.4, 0.5) is 0 Å². The van der Waals surface area contributed by atoms with Gasteiger partial charge in [-0.15, -0.1) is 0 Å². The number of hydrogen-bond donors (Lipinski definition) is 1. The SMILES string of the molecule is CCN(C(=O)CC(C)COC)C1CCNC1. The van der Waals surface area contributed by atoms with E-state index in [4.69, 9.17) is 4.74 Å². The second-order valence-corrected chi connectivity index (χ2v) is 4.59. The molecule has 0 saturated carbocycles. The van der Waals surface area contributed by atoms with Crippen LogP contribution in [-0.4, -0.2) is 50.2 Å². The van der Waals surface area contributed by atoms with Crippen molar-refractivity contribution in [2.45, 2.75) is 32.7 Å². The van der Waals surface area contributed by atoms with Crippen molar-refractivity contribution < 1.29 is 9.53 Å². The van der Waals surface area contributed by atoms with Gasteiger partial charge in [-0.2, -0.15) is 0 Å². The third-order valence-electron chi connectivity index (χ3n) is 3.11. The first-order valence-corrected chi connectivity index (χ1v) is 6.18. The van der Waals surface area contributed by atoms with Crippen molar-refractivity contribution in [1.82, 2.24) is 10.2 Å². The predicted molar refractivity (Wildman–Crippen MR) is 64.3 cm³/mol. The van der Waals surface area contributed by atoms with E-state index in [1.165, 1.54) is 0 Å². The predicted octanol–water partition coefficient (Wildman–Crippen LogP) is 0.869. The molecule has 1 saturated heterocycles. The van der Waals surface area contributed by atoms with Crippen LogP contribution in [0.15, 0.2) is 0 Å². The zero-order valence-corrected chi connectivity index (χ0v) is 10.7. The van der Waals surface area contributed by atoms with Gasteiger partial charge < -0.3 is 15.0 Å². The molecule has 16 heavy (non-hydrogen) atoms. The van der Waals surface area contributed by atoms with Gasteiger partial charge in [-0.3, -0.25) is 4.79 Å². The van der Waals surface area contributed by atoms with Gasteiger partial charge >= 0.3 is 0 Å². The maximum absolute atomic E-state index is 12.1. The molecule has 0 bridgehead atoms. The summed E-state index contributed by atoms with van der Waals surface area (Å²) >= 11 is 0. The van der Waals surface area contributed by atoms with Gasteiger partial charge in [-0.1, -0.05) is 6.92 Å². The van der Waals surface area contributed by atoms with Crippen LogP contribution in [0.5, 0.6) is 0 Å². The molecule has 0 aromatic heterocycles. The Morgan fingerprint density at radius 1 is 1.62 bits per heavy atom. The second-order valence-electron chi connectivity index (χ2n) is 4.59. The number of carbonyl (C=O) groups is 1. The van der Waals surface area contributed by atoms with Gasteiger partial charge in [-0.05, 0) is 25.8 Å². The molecule has 4 nitrogen and oxygen atoms in total. The Hall–Kier alpha value is -0.610. The highest BCUT2D eigenvalue weighted by Crippen LogP contribution is 2.13. The van der Waals surface area contributed by atoms with Crippen molar-refractivity contribution in [3.63, 3.8) is 0 Å². The van der Waals surface area contributed by atoms with Crippen LogP contribution >= 0.6 is 0 Å². The van der Waals surface area contributed by atoms with Crippen LogP contribution in [0.2, 0.25) is 0 Å². The number of methoxy groups -OCH3 is 1. The molecule has 2 unspecified atom stereocenters. The molecule has 2 atom stereocenters. The first-order chi connectivity index (χ1) is 7.69. The maximum Gasteiger partial charge on any atom is 0.223 e. The normalized spacial score (nSPS) is 22.1. The summed E-state index contributed by atoms with van der Waals surface area (Å²) in [6, 6.07) is 0.396. The fourth-order valence-electron chi connectivity index (χ4n) is 2.30.